The van der Waals surface area contributed by atoms with E-state index in [1.165, 1.54) is 19.3 Å². The lowest BCUT2D eigenvalue weighted by Crippen LogP contribution is -2.26. The van der Waals surface area contributed by atoms with Gasteiger partial charge in [-0.1, -0.05) is 20.3 Å². The predicted molar refractivity (Wildman–Crippen MR) is 85.3 cm³/mol. The van der Waals surface area contributed by atoms with Crippen LogP contribution in [-0.4, -0.2) is 22.6 Å². The zero-order valence-electron chi connectivity index (χ0n) is 13.5. The van der Waals surface area contributed by atoms with Crippen molar-refractivity contribution in [2.24, 2.45) is 11.8 Å². The number of nitrogens with one attached hydrogen (secondary N) is 2. The number of anilines is 2. The van der Waals surface area contributed by atoms with Gasteiger partial charge in [0.25, 0.3) is 0 Å². The highest BCUT2D eigenvalue weighted by Gasteiger charge is 2.32. The molecule has 0 spiro atoms. The van der Waals surface area contributed by atoms with Crippen LogP contribution < -0.4 is 10.6 Å². The van der Waals surface area contributed by atoms with Crippen molar-refractivity contribution in [2.45, 2.75) is 59.9 Å². The third-order valence-corrected chi connectivity index (χ3v) is 4.68. The van der Waals surface area contributed by atoms with Gasteiger partial charge in [0, 0.05) is 18.2 Å². The van der Waals surface area contributed by atoms with E-state index in [2.05, 4.69) is 48.3 Å². The predicted octanol–water partition coefficient (Wildman–Crippen LogP) is 3.76. The first-order valence-corrected chi connectivity index (χ1v) is 7.92. The molecule has 1 saturated carbocycles. The fourth-order valence-corrected chi connectivity index (χ4v) is 3.31. The molecule has 4 nitrogen and oxygen atoms in total. The average Bonchev–Trinajstić information content (AvgIpc) is 2.76. The first-order chi connectivity index (χ1) is 9.56. The maximum atomic E-state index is 4.60. The third-order valence-electron chi connectivity index (χ3n) is 4.68. The molecule has 0 radical (unpaired) electrons. The Morgan fingerprint density at radius 3 is 2.40 bits per heavy atom. The van der Waals surface area contributed by atoms with E-state index in [4.69, 9.17) is 0 Å². The second-order valence-electron chi connectivity index (χ2n) is 5.98. The van der Waals surface area contributed by atoms with Gasteiger partial charge in [0.1, 0.15) is 17.5 Å². The minimum atomic E-state index is 0.544. The van der Waals surface area contributed by atoms with Crippen LogP contribution in [0, 0.1) is 25.7 Å². The van der Waals surface area contributed by atoms with Crippen LogP contribution in [0.4, 0.5) is 11.6 Å². The van der Waals surface area contributed by atoms with Gasteiger partial charge in [-0.15, -0.1) is 0 Å². The summed E-state index contributed by atoms with van der Waals surface area (Å²) in [7, 11) is 0. The molecule has 1 aromatic rings. The maximum absolute atomic E-state index is 4.60. The van der Waals surface area contributed by atoms with Crippen LogP contribution in [0.1, 0.15) is 51.4 Å². The quantitative estimate of drug-likeness (QED) is 0.859. The molecule has 3 unspecified atom stereocenters. The molecule has 0 aromatic carbocycles. The first-order valence-electron chi connectivity index (χ1n) is 7.92. The van der Waals surface area contributed by atoms with E-state index in [1.807, 2.05) is 6.92 Å². The van der Waals surface area contributed by atoms with Crippen LogP contribution in [0.15, 0.2) is 0 Å². The summed E-state index contributed by atoms with van der Waals surface area (Å²) >= 11 is 0. The minimum Gasteiger partial charge on any atom is -0.370 e. The molecule has 2 rings (SSSR count). The summed E-state index contributed by atoms with van der Waals surface area (Å²) in [5.74, 6) is 4.36. The van der Waals surface area contributed by atoms with E-state index < -0.39 is 0 Å². The van der Waals surface area contributed by atoms with Crippen LogP contribution in [0.3, 0.4) is 0 Å². The van der Waals surface area contributed by atoms with Crippen LogP contribution in [-0.2, 0) is 0 Å². The first kappa shape index (κ1) is 15.1. The van der Waals surface area contributed by atoms with Crippen molar-refractivity contribution in [3.05, 3.63) is 11.4 Å². The van der Waals surface area contributed by atoms with E-state index >= 15 is 0 Å². The van der Waals surface area contributed by atoms with Gasteiger partial charge in [-0.2, -0.15) is 0 Å². The van der Waals surface area contributed by atoms with Gasteiger partial charge in [-0.05, 0) is 45.4 Å². The van der Waals surface area contributed by atoms with Crippen LogP contribution >= 0.6 is 0 Å². The third kappa shape index (κ3) is 3.05. The number of aromatic nitrogens is 2. The molecule has 1 aliphatic rings. The normalized spacial score (nSPS) is 25.8. The van der Waals surface area contributed by atoms with Crippen LogP contribution in [0.2, 0.25) is 0 Å². The maximum Gasteiger partial charge on any atom is 0.134 e. The largest absolute Gasteiger partial charge is 0.370 e. The number of hydrogen-bond donors (Lipinski definition) is 2. The summed E-state index contributed by atoms with van der Waals surface area (Å²) in [6.07, 6.45) is 3.86. The highest BCUT2D eigenvalue weighted by molar-refractivity contribution is 5.57. The molecule has 2 N–H and O–H groups in total. The lowest BCUT2D eigenvalue weighted by atomic mass is 9.93. The highest BCUT2D eigenvalue weighted by atomic mass is 15.1. The summed E-state index contributed by atoms with van der Waals surface area (Å²) in [4.78, 5) is 9.09. The van der Waals surface area contributed by atoms with Crippen molar-refractivity contribution in [2.75, 3.05) is 17.2 Å². The van der Waals surface area contributed by atoms with Crippen molar-refractivity contribution in [1.29, 1.82) is 0 Å². The molecule has 0 saturated heterocycles. The van der Waals surface area contributed by atoms with Crippen LogP contribution in [0.25, 0.3) is 0 Å². The molecule has 3 atom stereocenters. The van der Waals surface area contributed by atoms with Crippen molar-refractivity contribution in [1.82, 2.24) is 9.97 Å². The second kappa shape index (κ2) is 6.42. The zero-order chi connectivity index (χ0) is 14.7. The molecular weight excluding hydrogens is 248 g/mol. The smallest absolute Gasteiger partial charge is 0.134 e. The monoisotopic (exact) mass is 276 g/mol. The number of nitrogens with zero attached hydrogens (tertiary/aromatic N) is 2. The summed E-state index contributed by atoms with van der Waals surface area (Å²) < 4.78 is 0. The summed E-state index contributed by atoms with van der Waals surface area (Å²) in [5, 5.41) is 6.99. The zero-order valence-corrected chi connectivity index (χ0v) is 13.5. The van der Waals surface area contributed by atoms with E-state index in [0.29, 0.717) is 6.04 Å². The van der Waals surface area contributed by atoms with Crippen molar-refractivity contribution >= 4 is 11.6 Å². The van der Waals surface area contributed by atoms with Gasteiger partial charge in [0.2, 0.25) is 0 Å². The standard InChI is InChI=1S/C16H28N4/c1-6-13-8-9-14(10(13)3)20-16-11(4)15(17-7-2)18-12(5)19-16/h10,13-14H,6-9H2,1-5H3,(H2,17,18,19,20). The Morgan fingerprint density at radius 2 is 1.80 bits per heavy atom. The Hall–Kier alpha value is -1.32. The Balaban J connectivity index is 2.17. The van der Waals surface area contributed by atoms with E-state index in [0.717, 1.165) is 41.4 Å². The molecule has 1 aliphatic carbocycles. The summed E-state index contributed by atoms with van der Waals surface area (Å²) in [6, 6.07) is 0.544. The molecule has 4 heteroatoms. The van der Waals surface area contributed by atoms with Gasteiger partial charge in [0.05, 0.1) is 0 Å². The van der Waals surface area contributed by atoms with E-state index in [9.17, 15) is 0 Å². The molecular formula is C16H28N4. The molecule has 0 bridgehead atoms. The van der Waals surface area contributed by atoms with E-state index in [1.54, 1.807) is 0 Å². The number of hydrogen-bond acceptors (Lipinski definition) is 4. The van der Waals surface area contributed by atoms with Gasteiger partial charge in [0.15, 0.2) is 0 Å². The van der Waals surface area contributed by atoms with Gasteiger partial charge in [-0.3, -0.25) is 0 Å². The van der Waals surface area contributed by atoms with Crippen LogP contribution in [0.5, 0.6) is 0 Å². The fraction of sp³-hybridized carbons (Fsp3) is 0.750. The Morgan fingerprint density at radius 1 is 1.10 bits per heavy atom. The summed E-state index contributed by atoms with van der Waals surface area (Å²) in [5.41, 5.74) is 1.13. The van der Waals surface area contributed by atoms with Gasteiger partial charge in [-0.25, -0.2) is 9.97 Å². The van der Waals surface area contributed by atoms with Crippen molar-refractivity contribution in [3.63, 3.8) is 0 Å². The number of rotatable bonds is 5. The van der Waals surface area contributed by atoms with Crippen molar-refractivity contribution in [3.8, 4) is 0 Å². The second-order valence-corrected chi connectivity index (χ2v) is 5.98. The number of aryl methyl sites for hydroxylation is 1. The minimum absolute atomic E-state index is 0.544. The Kier molecular flexibility index (Phi) is 4.84. The van der Waals surface area contributed by atoms with E-state index in [-0.39, 0.29) is 0 Å². The molecule has 0 amide bonds. The molecule has 112 valence electrons. The fourth-order valence-electron chi connectivity index (χ4n) is 3.31. The lowest BCUT2D eigenvalue weighted by molar-refractivity contribution is 0.391. The Labute approximate surface area is 122 Å². The molecule has 0 aliphatic heterocycles. The topological polar surface area (TPSA) is 49.8 Å². The average molecular weight is 276 g/mol. The molecule has 1 heterocycles. The molecule has 1 aromatic heterocycles. The van der Waals surface area contributed by atoms with Gasteiger partial charge >= 0.3 is 0 Å². The Bertz CT molecular complexity index is 458. The lowest BCUT2D eigenvalue weighted by Gasteiger charge is -2.23. The molecule has 1 fully saturated rings. The SMILES string of the molecule is CCNc1nc(C)nc(NC2CCC(CC)C2C)c1C. The summed E-state index contributed by atoms with van der Waals surface area (Å²) in [6.45, 7) is 11.7. The molecule has 20 heavy (non-hydrogen) atoms. The van der Waals surface area contributed by atoms with Crippen molar-refractivity contribution < 1.29 is 0 Å². The highest BCUT2D eigenvalue weighted by Crippen LogP contribution is 2.36. The van der Waals surface area contributed by atoms with Gasteiger partial charge < -0.3 is 10.6 Å².